The van der Waals surface area contributed by atoms with Crippen molar-refractivity contribution in [3.63, 3.8) is 0 Å². The van der Waals surface area contributed by atoms with Crippen molar-refractivity contribution in [3.05, 3.63) is 34.9 Å². The van der Waals surface area contributed by atoms with Gasteiger partial charge in [-0.1, -0.05) is 32.0 Å². The molecule has 1 aromatic rings. The number of methoxy groups -OCH3 is 1. The Kier molecular flexibility index (Phi) is 3.97. The molecular formula is C15H22O2. The van der Waals surface area contributed by atoms with Crippen molar-refractivity contribution in [2.45, 2.75) is 46.0 Å². The number of hydrogen-bond acceptors (Lipinski definition) is 2. The van der Waals surface area contributed by atoms with Gasteiger partial charge in [-0.2, -0.15) is 0 Å². The van der Waals surface area contributed by atoms with Crippen LogP contribution < -0.4 is 0 Å². The second-order valence-corrected chi connectivity index (χ2v) is 5.35. The zero-order valence-corrected chi connectivity index (χ0v) is 11.6. The number of benzene rings is 1. The van der Waals surface area contributed by atoms with E-state index in [1.54, 1.807) is 0 Å². The monoisotopic (exact) mass is 234 g/mol. The molecule has 94 valence electrons. The topological polar surface area (TPSA) is 26.3 Å². The van der Waals surface area contributed by atoms with Crippen molar-refractivity contribution in [2.24, 2.45) is 0 Å². The summed E-state index contributed by atoms with van der Waals surface area (Å²) in [4.78, 5) is 11.8. The zero-order valence-electron chi connectivity index (χ0n) is 11.6. The lowest BCUT2D eigenvalue weighted by molar-refractivity contribution is -0.146. The van der Waals surface area contributed by atoms with Gasteiger partial charge in [-0.05, 0) is 43.4 Å². The molecule has 0 amide bonds. The lowest BCUT2D eigenvalue weighted by atomic mass is 9.80. The molecule has 0 atom stereocenters. The van der Waals surface area contributed by atoms with Crippen molar-refractivity contribution in [1.29, 1.82) is 0 Å². The average Bonchev–Trinajstić information content (AvgIpc) is 2.27. The van der Waals surface area contributed by atoms with Gasteiger partial charge in [0.25, 0.3) is 0 Å². The van der Waals surface area contributed by atoms with Gasteiger partial charge < -0.3 is 4.74 Å². The molecule has 0 saturated heterocycles. The highest BCUT2D eigenvalue weighted by Crippen LogP contribution is 2.30. The van der Waals surface area contributed by atoms with Crippen molar-refractivity contribution in [3.8, 4) is 0 Å². The maximum Gasteiger partial charge on any atom is 0.315 e. The molecule has 0 unspecified atom stereocenters. The van der Waals surface area contributed by atoms with Crippen LogP contribution in [0.15, 0.2) is 18.2 Å². The maximum atomic E-state index is 11.8. The highest BCUT2D eigenvalue weighted by atomic mass is 16.5. The summed E-state index contributed by atoms with van der Waals surface area (Å²) < 4.78 is 4.89. The first-order valence-corrected chi connectivity index (χ1v) is 6.00. The third kappa shape index (κ3) is 2.68. The average molecular weight is 234 g/mol. The Bertz CT molecular complexity index is 417. The molecule has 0 saturated carbocycles. The molecule has 0 bridgehead atoms. The van der Waals surface area contributed by atoms with Crippen LogP contribution in [-0.4, -0.2) is 13.1 Å². The number of esters is 1. The van der Waals surface area contributed by atoms with Crippen LogP contribution in [-0.2, 0) is 14.9 Å². The van der Waals surface area contributed by atoms with E-state index in [4.69, 9.17) is 4.74 Å². The van der Waals surface area contributed by atoms with Crippen LogP contribution in [0.2, 0.25) is 0 Å². The van der Waals surface area contributed by atoms with E-state index in [-0.39, 0.29) is 5.97 Å². The van der Waals surface area contributed by atoms with Crippen LogP contribution in [0.4, 0.5) is 0 Å². The van der Waals surface area contributed by atoms with Gasteiger partial charge in [0.15, 0.2) is 0 Å². The van der Waals surface area contributed by atoms with Crippen molar-refractivity contribution in [2.75, 3.05) is 7.11 Å². The van der Waals surface area contributed by atoms with Crippen molar-refractivity contribution in [1.82, 2.24) is 0 Å². The number of hydrogen-bond donors (Lipinski definition) is 0. The number of ether oxygens (including phenoxy) is 1. The van der Waals surface area contributed by atoms with Crippen LogP contribution in [0.25, 0.3) is 0 Å². The highest BCUT2D eigenvalue weighted by Gasteiger charge is 2.32. The minimum atomic E-state index is -0.594. The first-order valence-electron chi connectivity index (χ1n) is 6.00. The molecule has 2 nitrogen and oxygen atoms in total. The Morgan fingerprint density at radius 1 is 1.29 bits per heavy atom. The Labute approximate surface area is 104 Å². The van der Waals surface area contributed by atoms with Crippen LogP contribution in [0, 0.1) is 6.92 Å². The standard InChI is InChI=1S/C15H22O2/c1-10(2)12-8-7-11(3)13(9-12)15(4,5)14(16)17-6/h7-10H,1-6H3. The second kappa shape index (κ2) is 4.91. The third-order valence-corrected chi connectivity index (χ3v) is 3.30. The van der Waals surface area contributed by atoms with E-state index in [2.05, 4.69) is 32.0 Å². The molecule has 0 N–H and O–H groups in total. The zero-order chi connectivity index (χ0) is 13.2. The van der Waals surface area contributed by atoms with Gasteiger partial charge in [-0.25, -0.2) is 0 Å². The predicted molar refractivity (Wildman–Crippen MR) is 70.3 cm³/mol. The Balaban J connectivity index is 3.29. The van der Waals surface area contributed by atoms with E-state index in [9.17, 15) is 4.79 Å². The van der Waals surface area contributed by atoms with Gasteiger partial charge in [-0.15, -0.1) is 0 Å². The summed E-state index contributed by atoms with van der Waals surface area (Å²) >= 11 is 0. The molecule has 0 aromatic heterocycles. The first-order chi connectivity index (χ1) is 7.80. The first kappa shape index (κ1) is 13.8. The normalized spacial score (nSPS) is 11.7. The van der Waals surface area contributed by atoms with Crippen molar-refractivity contribution >= 4 is 5.97 Å². The summed E-state index contributed by atoms with van der Waals surface area (Å²) in [6.07, 6.45) is 0. The Hall–Kier alpha value is -1.31. The SMILES string of the molecule is COC(=O)C(C)(C)c1cc(C(C)C)ccc1C. The lowest BCUT2D eigenvalue weighted by Gasteiger charge is -2.25. The maximum absolute atomic E-state index is 11.8. The van der Waals surface area contributed by atoms with Crippen molar-refractivity contribution < 1.29 is 9.53 Å². The molecule has 0 aliphatic carbocycles. The van der Waals surface area contributed by atoms with Crippen LogP contribution in [0.5, 0.6) is 0 Å². The third-order valence-electron chi connectivity index (χ3n) is 3.30. The largest absolute Gasteiger partial charge is 0.468 e. The van der Waals surface area contributed by atoms with E-state index >= 15 is 0 Å². The number of aryl methyl sites for hydroxylation is 1. The van der Waals surface area contributed by atoms with Gasteiger partial charge in [0.1, 0.15) is 0 Å². The summed E-state index contributed by atoms with van der Waals surface area (Å²) in [5.74, 6) is 0.268. The minimum Gasteiger partial charge on any atom is -0.468 e. The summed E-state index contributed by atoms with van der Waals surface area (Å²) in [7, 11) is 1.44. The summed E-state index contributed by atoms with van der Waals surface area (Å²) in [5, 5.41) is 0. The molecule has 0 aliphatic rings. The minimum absolute atomic E-state index is 0.193. The van der Waals surface area contributed by atoms with E-state index in [0.717, 1.165) is 11.1 Å². The molecular weight excluding hydrogens is 212 g/mol. The summed E-state index contributed by atoms with van der Waals surface area (Å²) in [6.45, 7) is 10.2. The molecule has 17 heavy (non-hydrogen) atoms. The Morgan fingerprint density at radius 3 is 2.35 bits per heavy atom. The van der Waals surface area contributed by atoms with E-state index < -0.39 is 5.41 Å². The fourth-order valence-corrected chi connectivity index (χ4v) is 2.04. The molecule has 2 heteroatoms. The van der Waals surface area contributed by atoms with Gasteiger partial charge in [0.2, 0.25) is 0 Å². The quantitative estimate of drug-likeness (QED) is 0.747. The van der Waals surface area contributed by atoms with Crippen LogP contribution in [0.1, 0.15) is 50.3 Å². The van der Waals surface area contributed by atoms with Crippen LogP contribution in [0.3, 0.4) is 0 Å². The van der Waals surface area contributed by atoms with E-state index in [1.165, 1.54) is 12.7 Å². The van der Waals surface area contributed by atoms with Gasteiger partial charge in [0.05, 0.1) is 12.5 Å². The van der Waals surface area contributed by atoms with E-state index in [0.29, 0.717) is 5.92 Å². The fourth-order valence-electron chi connectivity index (χ4n) is 2.04. The summed E-state index contributed by atoms with van der Waals surface area (Å²) in [6, 6.07) is 6.32. The van der Waals surface area contributed by atoms with Crippen LogP contribution >= 0.6 is 0 Å². The van der Waals surface area contributed by atoms with E-state index in [1.807, 2.05) is 20.8 Å². The molecule has 0 aliphatic heterocycles. The number of carbonyl (C=O) groups is 1. The number of rotatable bonds is 3. The molecule has 0 fully saturated rings. The van der Waals surface area contributed by atoms with Gasteiger partial charge in [-0.3, -0.25) is 4.79 Å². The Morgan fingerprint density at radius 2 is 1.88 bits per heavy atom. The molecule has 0 spiro atoms. The van der Waals surface area contributed by atoms with Gasteiger partial charge >= 0.3 is 5.97 Å². The molecule has 0 radical (unpaired) electrons. The fraction of sp³-hybridized carbons (Fsp3) is 0.533. The lowest BCUT2D eigenvalue weighted by Crippen LogP contribution is -2.31. The predicted octanol–water partition coefficient (Wildman–Crippen LogP) is 3.57. The molecule has 1 aromatic carbocycles. The number of carbonyl (C=O) groups excluding carboxylic acids is 1. The summed E-state index contributed by atoms with van der Waals surface area (Å²) in [5.41, 5.74) is 2.84. The van der Waals surface area contributed by atoms with Gasteiger partial charge in [0, 0.05) is 0 Å². The molecule has 1 rings (SSSR count). The smallest absolute Gasteiger partial charge is 0.315 e. The molecule has 0 heterocycles. The highest BCUT2D eigenvalue weighted by molar-refractivity contribution is 5.82. The second-order valence-electron chi connectivity index (χ2n) is 5.35.